The molecule has 2 aromatic carbocycles. The molecule has 2 aromatic rings. The summed E-state index contributed by atoms with van der Waals surface area (Å²) in [5, 5.41) is 12.9. The normalized spacial score (nSPS) is 12.8. The first-order valence-corrected chi connectivity index (χ1v) is 8.41. The number of methoxy groups -OCH3 is 1. The number of hydrogen-bond acceptors (Lipinski definition) is 4. The van der Waals surface area contributed by atoms with Crippen LogP contribution >= 0.6 is 24.0 Å². The molecule has 0 aliphatic rings. The van der Waals surface area contributed by atoms with Crippen LogP contribution in [0.15, 0.2) is 53.5 Å². The molecule has 4 N–H and O–H groups in total. The predicted octanol–water partition coefficient (Wildman–Crippen LogP) is 3.64. The number of aliphatic imine (C=N–C) groups is 1. The highest BCUT2D eigenvalue weighted by Crippen LogP contribution is 2.31. The fraction of sp³-hybridized carbons (Fsp3) is 0.316. The van der Waals surface area contributed by atoms with E-state index in [1.165, 1.54) is 12.1 Å². The molecule has 0 radical (unpaired) electrons. The Morgan fingerprint density at radius 2 is 1.93 bits per heavy atom. The van der Waals surface area contributed by atoms with Crippen molar-refractivity contribution in [3.8, 4) is 5.75 Å². The number of aliphatic hydroxyl groups excluding tert-OH is 1. The van der Waals surface area contributed by atoms with E-state index in [1.54, 1.807) is 7.11 Å². The molecule has 10 heteroatoms. The Morgan fingerprint density at radius 3 is 2.62 bits per heavy atom. The maximum atomic E-state index is 12.7. The second-order valence-electron chi connectivity index (χ2n) is 5.93. The Kier molecular flexibility index (Phi) is 10.2. The summed E-state index contributed by atoms with van der Waals surface area (Å²) in [6.07, 6.45) is -5.49. The molecule has 0 amide bonds. The molecule has 6 nitrogen and oxygen atoms in total. The monoisotopic (exact) mass is 525 g/mol. The largest absolute Gasteiger partial charge is 0.491 e. The number of ether oxygens (including phenoxy) is 2. The van der Waals surface area contributed by atoms with Crippen molar-refractivity contribution in [1.82, 2.24) is 0 Å². The lowest BCUT2D eigenvalue weighted by atomic mass is 10.2. The van der Waals surface area contributed by atoms with E-state index < -0.39 is 17.8 Å². The van der Waals surface area contributed by atoms with Crippen molar-refractivity contribution in [3.63, 3.8) is 0 Å². The zero-order valence-corrected chi connectivity index (χ0v) is 18.0. The second kappa shape index (κ2) is 11.8. The lowest BCUT2D eigenvalue weighted by Gasteiger charge is -2.14. The SMILES string of the molecule is COCc1ccccc1NC(N)=NCC(O)COc1cccc(C(F)(F)F)c1.I. The van der Waals surface area contributed by atoms with Gasteiger partial charge >= 0.3 is 6.18 Å². The average molecular weight is 525 g/mol. The first-order chi connectivity index (χ1) is 13.3. The minimum atomic E-state index is -4.46. The molecule has 0 bridgehead atoms. The van der Waals surface area contributed by atoms with Gasteiger partial charge in [-0.15, -0.1) is 24.0 Å². The minimum Gasteiger partial charge on any atom is -0.491 e. The van der Waals surface area contributed by atoms with Gasteiger partial charge in [0, 0.05) is 18.4 Å². The Balaban J connectivity index is 0.00000420. The van der Waals surface area contributed by atoms with Gasteiger partial charge in [-0.3, -0.25) is 4.99 Å². The lowest BCUT2D eigenvalue weighted by Crippen LogP contribution is -2.27. The number of para-hydroxylation sites is 1. The number of halogens is 4. The number of benzene rings is 2. The Morgan fingerprint density at radius 1 is 1.21 bits per heavy atom. The number of hydrogen-bond donors (Lipinski definition) is 3. The maximum Gasteiger partial charge on any atom is 0.416 e. The Hall–Kier alpha value is -2.05. The first-order valence-electron chi connectivity index (χ1n) is 8.41. The van der Waals surface area contributed by atoms with Crippen molar-refractivity contribution in [3.05, 3.63) is 59.7 Å². The number of nitrogens with zero attached hydrogens (tertiary/aromatic N) is 1. The van der Waals surface area contributed by atoms with Crippen molar-refractivity contribution >= 4 is 35.6 Å². The summed E-state index contributed by atoms with van der Waals surface area (Å²) < 4.78 is 48.4. The van der Waals surface area contributed by atoms with Crippen LogP contribution in [0, 0.1) is 0 Å². The summed E-state index contributed by atoms with van der Waals surface area (Å²) in [7, 11) is 1.58. The zero-order valence-electron chi connectivity index (χ0n) is 15.6. The van der Waals surface area contributed by atoms with Crippen molar-refractivity contribution < 1.29 is 27.8 Å². The smallest absolute Gasteiger partial charge is 0.416 e. The third-order valence-corrected chi connectivity index (χ3v) is 3.66. The molecular formula is C19H23F3IN3O3. The van der Waals surface area contributed by atoms with E-state index in [2.05, 4.69) is 10.3 Å². The van der Waals surface area contributed by atoms with Crippen molar-refractivity contribution in [2.24, 2.45) is 10.7 Å². The quantitative estimate of drug-likeness (QED) is 0.279. The fourth-order valence-electron chi connectivity index (χ4n) is 2.31. The van der Waals surface area contributed by atoms with Gasteiger partial charge in [0.15, 0.2) is 5.96 Å². The van der Waals surface area contributed by atoms with Crippen molar-refractivity contribution in [1.29, 1.82) is 0 Å². The van der Waals surface area contributed by atoms with E-state index in [1.807, 2.05) is 24.3 Å². The highest BCUT2D eigenvalue weighted by molar-refractivity contribution is 14.0. The van der Waals surface area contributed by atoms with Crippen LogP contribution in [-0.2, 0) is 17.5 Å². The van der Waals surface area contributed by atoms with Crippen molar-refractivity contribution in [2.75, 3.05) is 25.6 Å². The molecule has 1 atom stereocenters. The van der Waals surface area contributed by atoms with Crippen LogP contribution in [0.1, 0.15) is 11.1 Å². The van der Waals surface area contributed by atoms with E-state index in [9.17, 15) is 18.3 Å². The number of nitrogens with two attached hydrogens (primary N) is 1. The molecular weight excluding hydrogens is 502 g/mol. The lowest BCUT2D eigenvalue weighted by molar-refractivity contribution is -0.137. The van der Waals surface area contributed by atoms with E-state index in [-0.39, 0.29) is 48.8 Å². The van der Waals surface area contributed by atoms with Crippen LogP contribution in [0.4, 0.5) is 18.9 Å². The Bertz CT molecular complexity index is 804. The summed E-state index contributed by atoms with van der Waals surface area (Å²) >= 11 is 0. The van der Waals surface area contributed by atoms with Gasteiger partial charge in [-0.2, -0.15) is 13.2 Å². The highest BCUT2D eigenvalue weighted by Gasteiger charge is 2.30. The topological polar surface area (TPSA) is 89.1 Å². The predicted molar refractivity (Wildman–Crippen MR) is 116 cm³/mol. The van der Waals surface area contributed by atoms with E-state index in [0.717, 1.165) is 23.4 Å². The van der Waals surface area contributed by atoms with Gasteiger partial charge in [0.25, 0.3) is 0 Å². The Labute approximate surface area is 183 Å². The molecule has 0 aliphatic carbocycles. The maximum absolute atomic E-state index is 12.7. The van der Waals surface area contributed by atoms with Gasteiger partial charge in [0.2, 0.25) is 0 Å². The second-order valence-corrected chi connectivity index (χ2v) is 5.93. The molecule has 0 aromatic heterocycles. The summed E-state index contributed by atoms with van der Waals surface area (Å²) in [5.74, 6) is 0.0964. The number of nitrogens with one attached hydrogen (secondary N) is 1. The van der Waals surface area contributed by atoms with Crippen LogP contribution in [0.2, 0.25) is 0 Å². The van der Waals surface area contributed by atoms with Gasteiger partial charge in [-0.1, -0.05) is 24.3 Å². The zero-order chi connectivity index (χ0) is 20.6. The van der Waals surface area contributed by atoms with Crippen molar-refractivity contribution in [2.45, 2.75) is 18.9 Å². The summed E-state index contributed by atoms with van der Waals surface area (Å²) in [6.45, 7) is 0.0898. The number of alkyl halides is 3. The number of aliphatic hydroxyl groups is 1. The van der Waals surface area contributed by atoms with Gasteiger partial charge in [0.1, 0.15) is 18.5 Å². The van der Waals surface area contributed by atoms with E-state index in [4.69, 9.17) is 15.2 Å². The minimum absolute atomic E-state index is 0. The molecule has 0 spiro atoms. The molecule has 0 aliphatic heterocycles. The third-order valence-electron chi connectivity index (χ3n) is 3.66. The molecule has 29 heavy (non-hydrogen) atoms. The third kappa shape index (κ3) is 8.46. The molecule has 0 heterocycles. The van der Waals surface area contributed by atoms with E-state index >= 15 is 0 Å². The van der Waals surface area contributed by atoms with Crippen LogP contribution in [0.25, 0.3) is 0 Å². The summed E-state index contributed by atoms with van der Waals surface area (Å²) in [4.78, 5) is 4.02. The van der Waals surface area contributed by atoms with Crippen LogP contribution in [0.3, 0.4) is 0 Å². The highest BCUT2D eigenvalue weighted by atomic mass is 127. The van der Waals surface area contributed by atoms with Crippen LogP contribution in [-0.4, -0.2) is 37.4 Å². The number of anilines is 1. The van der Waals surface area contributed by atoms with Gasteiger partial charge < -0.3 is 25.6 Å². The van der Waals surface area contributed by atoms with Crippen LogP contribution in [0.5, 0.6) is 5.75 Å². The van der Waals surface area contributed by atoms with E-state index in [0.29, 0.717) is 6.61 Å². The molecule has 2 rings (SSSR count). The molecule has 0 fully saturated rings. The molecule has 0 saturated carbocycles. The van der Waals surface area contributed by atoms with Gasteiger partial charge in [-0.05, 0) is 24.3 Å². The summed E-state index contributed by atoms with van der Waals surface area (Å²) in [6, 6.07) is 11.8. The first kappa shape index (κ1) is 25.0. The van der Waals surface area contributed by atoms with Crippen LogP contribution < -0.4 is 15.8 Å². The summed E-state index contributed by atoms with van der Waals surface area (Å²) in [5.41, 5.74) is 6.60. The molecule has 1 unspecified atom stereocenters. The van der Waals surface area contributed by atoms with Gasteiger partial charge in [0.05, 0.1) is 18.7 Å². The standard InChI is InChI=1S/C19H22F3N3O3.HI/c1-27-11-13-5-2-3-8-17(13)25-18(23)24-10-15(26)12-28-16-7-4-6-14(9-16)19(20,21)22;/h2-9,15,26H,10-12H2,1H3,(H3,23,24,25);1H. The molecule has 0 saturated heterocycles. The van der Waals surface area contributed by atoms with Gasteiger partial charge in [-0.25, -0.2) is 0 Å². The number of rotatable bonds is 8. The fourth-order valence-corrected chi connectivity index (χ4v) is 2.31. The molecule has 160 valence electrons. The average Bonchev–Trinajstić information content (AvgIpc) is 2.66. The number of guanidine groups is 1.